The summed E-state index contributed by atoms with van der Waals surface area (Å²) in [7, 11) is 0. The number of carbonyl (C=O) groups excluding carboxylic acids is 4. The maximum absolute atomic E-state index is 12.7. The number of carbonyl (C=O) groups is 7. The molecule has 0 bridgehead atoms. The van der Waals surface area contributed by atoms with Crippen LogP contribution in [0.1, 0.15) is 13.3 Å². The first-order chi connectivity index (χ1) is 18.8. The fraction of sp³-hybridized carbons (Fsp3) is 0.682. The molecule has 7 N–H and O–H groups in total. The van der Waals surface area contributed by atoms with Crippen molar-refractivity contribution in [2.24, 2.45) is 5.73 Å². The Labute approximate surface area is 234 Å². The van der Waals surface area contributed by atoms with E-state index in [1.807, 2.05) is 0 Å². The van der Waals surface area contributed by atoms with Crippen LogP contribution in [0.3, 0.4) is 0 Å². The molecule has 0 aromatic carbocycles. The van der Waals surface area contributed by atoms with E-state index in [0.717, 1.165) is 26.5 Å². The van der Waals surface area contributed by atoms with Gasteiger partial charge in [-0.25, -0.2) is 14.4 Å². The molecule has 40 heavy (non-hydrogen) atoms. The molecule has 2 fully saturated rings. The van der Waals surface area contributed by atoms with Crippen molar-refractivity contribution in [3.05, 3.63) is 0 Å². The van der Waals surface area contributed by atoms with Crippen molar-refractivity contribution in [1.29, 1.82) is 0 Å². The molecule has 17 nitrogen and oxygen atoms in total. The van der Waals surface area contributed by atoms with Gasteiger partial charge in [0.15, 0.2) is 0 Å². The van der Waals surface area contributed by atoms with Crippen molar-refractivity contribution in [3.8, 4) is 0 Å². The first kappa shape index (κ1) is 32.6. The predicted octanol–water partition coefficient (Wildman–Crippen LogP) is -2.84. The third-order valence-corrected chi connectivity index (χ3v) is 7.57. The summed E-state index contributed by atoms with van der Waals surface area (Å²) in [6.07, 6.45) is -2.54. The van der Waals surface area contributed by atoms with Crippen LogP contribution < -0.4 is 16.4 Å². The van der Waals surface area contributed by atoms with Gasteiger partial charge in [0.1, 0.15) is 6.04 Å². The molecular formula is C22H35N7O10S. The van der Waals surface area contributed by atoms with Crippen LogP contribution in [0.5, 0.6) is 0 Å². The SMILES string of the molecule is CC(N)C(=O)NC(CSC1CC(=O)N(CCNC(=O)CN2CCN(C(=O)O)CCN(C(=O)O)CC2)C1=O)C(=O)O. The molecule has 0 aliphatic carbocycles. The van der Waals surface area contributed by atoms with E-state index in [2.05, 4.69) is 10.6 Å². The van der Waals surface area contributed by atoms with Crippen LogP contribution >= 0.6 is 11.8 Å². The van der Waals surface area contributed by atoms with Gasteiger partial charge < -0.3 is 41.5 Å². The largest absolute Gasteiger partial charge is 0.480 e. The minimum Gasteiger partial charge on any atom is -0.480 e. The fourth-order valence-corrected chi connectivity index (χ4v) is 5.10. The second-order valence-corrected chi connectivity index (χ2v) is 10.5. The number of imide groups is 1. The van der Waals surface area contributed by atoms with Crippen LogP contribution in [0.15, 0.2) is 0 Å². The van der Waals surface area contributed by atoms with Crippen molar-refractivity contribution in [1.82, 2.24) is 30.2 Å². The lowest BCUT2D eigenvalue weighted by molar-refractivity contribution is -0.141. The molecule has 18 heteroatoms. The number of rotatable bonds is 11. The van der Waals surface area contributed by atoms with E-state index in [4.69, 9.17) is 5.73 Å². The Morgan fingerprint density at radius 2 is 1.52 bits per heavy atom. The van der Waals surface area contributed by atoms with E-state index < -0.39 is 59.1 Å². The minimum absolute atomic E-state index is 0.0113. The molecule has 0 saturated carbocycles. The molecule has 0 spiro atoms. The summed E-state index contributed by atoms with van der Waals surface area (Å²) in [5, 5.41) is 32.0. The van der Waals surface area contributed by atoms with Gasteiger partial charge in [0.05, 0.1) is 17.8 Å². The van der Waals surface area contributed by atoms with Gasteiger partial charge in [-0.3, -0.25) is 29.0 Å². The number of likely N-dealkylation sites (tertiary alicyclic amines) is 1. The zero-order valence-electron chi connectivity index (χ0n) is 22.0. The summed E-state index contributed by atoms with van der Waals surface area (Å²) in [6, 6.07) is -2.21. The molecule has 2 aliphatic heterocycles. The second-order valence-electron chi connectivity index (χ2n) is 9.26. The van der Waals surface area contributed by atoms with Crippen LogP contribution in [-0.4, -0.2) is 159 Å². The van der Waals surface area contributed by atoms with Crippen LogP contribution in [0.25, 0.3) is 0 Å². The van der Waals surface area contributed by atoms with E-state index >= 15 is 0 Å². The Morgan fingerprint density at radius 1 is 0.975 bits per heavy atom. The van der Waals surface area contributed by atoms with Crippen molar-refractivity contribution < 1.29 is 48.9 Å². The molecule has 3 unspecified atom stereocenters. The molecule has 2 aliphatic rings. The number of amides is 6. The zero-order chi connectivity index (χ0) is 30.0. The first-order valence-electron chi connectivity index (χ1n) is 12.5. The lowest BCUT2D eigenvalue weighted by Gasteiger charge is -2.24. The number of nitrogens with zero attached hydrogens (tertiary/aromatic N) is 4. The van der Waals surface area contributed by atoms with Crippen LogP contribution in [-0.2, 0) is 24.0 Å². The van der Waals surface area contributed by atoms with Gasteiger partial charge in [-0.1, -0.05) is 0 Å². The molecule has 0 radical (unpaired) electrons. The topological polar surface area (TPSA) is 243 Å². The highest BCUT2D eigenvalue weighted by Crippen LogP contribution is 2.25. The van der Waals surface area contributed by atoms with Crippen LogP contribution in [0, 0.1) is 0 Å². The zero-order valence-corrected chi connectivity index (χ0v) is 22.8. The van der Waals surface area contributed by atoms with Gasteiger partial charge >= 0.3 is 18.2 Å². The maximum atomic E-state index is 12.7. The van der Waals surface area contributed by atoms with Crippen LogP contribution in [0.2, 0.25) is 0 Å². The molecule has 2 saturated heterocycles. The van der Waals surface area contributed by atoms with Gasteiger partial charge in [0, 0.05) is 64.5 Å². The van der Waals surface area contributed by atoms with E-state index in [-0.39, 0.29) is 71.1 Å². The highest BCUT2D eigenvalue weighted by atomic mass is 32.2. The van der Waals surface area contributed by atoms with E-state index in [9.17, 15) is 48.9 Å². The second kappa shape index (κ2) is 15.2. The first-order valence-corrected chi connectivity index (χ1v) is 13.5. The van der Waals surface area contributed by atoms with Gasteiger partial charge in [-0.05, 0) is 6.92 Å². The third kappa shape index (κ3) is 9.83. The summed E-state index contributed by atoms with van der Waals surface area (Å²) >= 11 is 0.929. The average molecular weight is 590 g/mol. The molecule has 0 aromatic rings. The normalized spacial score (nSPS) is 20.2. The van der Waals surface area contributed by atoms with E-state index in [1.54, 1.807) is 4.90 Å². The lowest BCUT2D eigenvalue weighted by atomic mass is 10.3. The van der Waals surface area contributed by atoms with Gasteiger partial charge in [-0.2, -0.15) is 0 Å². The number of thioether (sulfide) groups is 1. The van der Waals surface area contributed by atoms with E-state index in [1.165, 1.54) is 6.92 Å². The third-order valence-electron chi connectivity index (χ3n) is 6.27. The monoisotopic (exact) mass is 589 g/mol. The highest BCUT2D eigenvalue weighted by Gasteiger charge is 2.39. The summed E-state index contributed by atoms with van der Waals surface area (Å²) in [6.45, 7) is 1.70. The lowest BCUT2D eigenvalue weighted by Crippen LogP contribution is -2.48. The Morgan fingerprint density at radius 3 is 2.02 bits per heavy atom. The minimum atomic E-state index is -1.31. The van der Waals surface area contributed by atoms with Crippen molar-refractivity contribution in [2.75, 3.05) is 64.7 Å². The maximum Gasteiger partial charge on any atom is 0.407 e. The Balaban J connectivity index is 1.84. The van der Waals surface area contributed by atoms with Gasteiger partial charge in [0.2, 0.25) is 23.6 Å². The average Bonchev–Trinajstić information content (AvgIpc) is 3.19. The summed E-state index contributed by atoms with van der Waals surface area (Å²) in [5.41, 5.74) is 5.44. The fourth-order valence-electron chi connectivity index (χ4n) is 3.92. The number of nitrogens with two attached hydrogens (primary N) is 1. The Kier molecular flexibility index (Phi) is 12.4. The van der Waals surface area contributed by atoms with Gasteiger partial charge in [0.25, 0.3) is 0 Å². The summed E-state index contributed by atoms with van der Waals surface area (Å²) < 4.78 is 0. The standard InChI is InChI=1S/C22H35N7O10S/c1-13(23)18(32)25-14(20(34)35)12-40-15-10-17(31)29(19(15)33)3-2-24-16(30)11-26-4-6-27(21(36)37)8-9-28(7-5-26)22(38)39/h13-15H,2-12,23H2,1H3,(H,24,30)(H,25,32)(H,34,35)(H,36,37)(H,38,39). The molecule has 3 atom stereocenters. The predicted molar refractivity (Wildman–Crippen MR) is 139 cm³/mol. The van der Waals surface area contributed by atoms with Crippen molar-refractivity contribution >= 4 is 53.5 Å². The number of nitrogens with one attached hydrogen (secondary N) is 2. The number of hydrogen-bond donors (Lipinski definition) is 6. The number of carboxylic acid groups (broad SMARTS) is 3. The number of hydrogen-bond acceptors (Lipinski definition) is 10. The number of carboxylic acids is 1. The molecule has 6 amide bonds. The quantitative estimate of drug-likeness (QED) is 0.133. The Bertz CT molecular complexity index is 971. The smallest absolute Gasteiger partial charge is 0.407 e. The summed E-state index contributed by atoms with van der Waals surface area (Å²) in [4.78, 5) is 88.3. The Hall–Kier alpha value is -3.64. The summed E-state index contributed by atoms with van der Waals surface area (Å²) in [5.74, 6) is -3.59. The van der Waals surface area contributed by atoms with Crippen molar-refractivity contribution in [3.63, 3.8) is 0 Å². The molecule has 2 heterocycles. The van der Waals surface area contributed by atoms with Crippen molar-refractivity contribution in [2.45, 2.75) is 30.7 Å². The van der Waals surface area contributed by atoms with Gasteiger partial charge in [-0.15, -0.1) is 11.8 Å². The molecule has 2 rings (SSSR count). The van der Waals surface area contributed by atoms with Crippen LogP contribution in [0.4, 0.5) is 9.59 Å². The molecular weight excluding hydrogens is 554 g/mol. The molecule has 224 valence electrons. The van der Waals surface area contributed by atoms with E-state index in [0.29, 0.717) is 0 Å². The number of aliphatic carboxylic acids is 1. The molecule has 0 aromatic heterocycles. The highest BCUT2D eigenvalue weighted by molar-refractivity contribution is 8.00.